The van der Waals surface area contributed by atoms with E-state index in [9.17, 15) is 9.59 Å². The molecule has 1 saturated heterocycles. The highest BCUT2D eigenvalue weighted by atomic mass is 16.2. The lowest BCUT2D eigenvalue weighted by Gasteiger charge is -2.36. The van der Waals surface area contributed by atoms with Crippen molar-refractivity contribution in [1.29, 1.82) is 0 Å². The Morgan fingerprint density at radius 2 is 2.00 bits per heavy atom. The lowest BCUT2D eigenvalue weighted by molar-refractivity contribution is -0.139. The van der Waals surface area contributed by atoms with Crippen LogP contribution in [0.5, 0.6) is 0 Å². The van der Waals surface area contributed by atoms with Crippen LogP contribution in [-0.4, -0.2) is 50.6 Å². The van der Waals surface area contributed by atoms with Gasteiger partial charge in [0.2, 0.25) is 11.8 Å². The minimum absolute atomic E-state index is 0.0666. The Kier molecular flexibility index (Phi) is 4.93. The molecule has 0 radical (unpaired) electrons. The summed E-state index contributed by atoms with van der Waals surface area (Å²) in [6, 6.07) is -0.193. The zero-order chi connectivity index (χ0) is 16.2. The molecule has 2 aliphatic rings. The quantitative estimate of drug-likeness (QED) is 0.902. The van der Waals surface area contributed by atoms with Gasteiger partial charge in [0.05, 0.1) is 6.04 Å². The van der Waals surface area contributed by atoms with Gasteiger partial charge >= 0.3 is 0 Å². The first-order valence-corrected chi connectivity index (χ1v) is 8.55. The third-order valence-corrected chi connectivity index (χ3v) is 5.01. The topological polar surface area (TPSA) is 80.1 Å². The summed E-state index contributed by atoms with van der Waals surface area (Å²) in [5.74, 6) is 0.218. The van der Waals surface area contributed by atoms with Gasteiger partial charge in [0, 0.05) is 20.0 Å². The van der Waals surface area contributed by atoms with Crippen LogP contribution in [0.1, 0.15) is 51.5 Å². The van der Waals surface area contributed by atoms with Crippen LogP contribution in [-0.2, 0) is 9.59 Å². The van der Waals surface area contributed by atoms with E-state index in [0.717, 1.165) is 45.1 Å². The predicted octanol–water partition coefficient (Wildman–Crippen LogP) is 1.14. The summed E-state index contributed by atoms with van der Waals surface area (Å²) >= 11 is 0. The van der Waals surface area contributed by atoms with Gasteiger partial charge in [-0.05, 0) is 31.6 Å². The van der Waals surface area contributed by atoms with E-state index in [0.29, 0.717) is 6.54 Å². The Morgan fingerprint density at radius 1 is 1.22 bits per heavy atom. The number of amides is 2. The van der Waals surface area contributed by atoms with Gasteiger partial charge in [-0.3, -0.25) is 9.59 Å². The van der Waals surface area contributed by atoms with E-state index in [-0.39, 0.29) is 29.8 Å². The molecule has 23 heavy (non-hydrogen) atoms. The molecule has 0 unspecified atom stereocenters. The van der Waals surface area contributed by atoms with E-state index in [4.69, 9.17) is 0 Å². The number of nitrogens with zero attached hydrogens (tertiary/aromatic N) is 4. The summed E-state index contributed by atoms with van der Waals surface area (Å²) in [4.78, 5) is 30.4. The average Bonchev–Trinajstić information content (AvgIpc) is 3.25. The maximum Gasteiger partial charge on any atom is 0.245 e. The maximum absolute atomic E-state index is 13.0. The van der Waals surface area contributed by atoms with E-state index in [1.807, 2.05) is 9.58 Å². The fraction of sp³-hybridized carbons (Fsp3) is 0.750. The van der Waals surface area contributed by atoms with Crippen molar-refractivity contribution in [2.75, 3.05) is 13.1 Å². The van der Waals surface area contributed by atoms with E-state index in [1.54, 1.807) is 6.33 Å². The summed E-state index contributed by atoms with van der Waals surface area (Å²) < 4.78 is 1.84. The molecule has 1 aromatic rings. The third-order valence-electron chi connectivity index (χ3n) is 5.01. The standard InChI is InChI=1S/C16H25N5O2/c1-12(22)19-15(13-5-2-3-6-13)16(23)20-8-4-7-14(9-20)21-11-17-10-18-21/h10-11,13-15H,2-9H2,1H3,(H,19,22)/t14-,15-/m0/s1. The van der Waals surface area contributed by atoms with Crippen LogP contribution < -0.4 is 5.32 Å². The van der Waals surface area contributed by atoms with Gasteiger partial charge in [-0.2, -0.15) is 5.10 Å². The van der Waals surface area contributed by atoms with Gasteiger partial charge < -0.3 is 10.2 Å². The van der Waals surface area contributed by atoms with E-state index in [1.165, 1.54) is 13.3 Å². The molecule has 1 N–H and O–H groups in total. The van der Waals surface area contributed by atoms with Crippen LogP contribution in [0.3, 0.4) is 0 Å². The fourth-order valence-electron chi connectivity index (χ4n) is 3.86. The third kappa shape index (κ3) is 3.71. The summed E-state index contributed by atoms with van der Waals surface area (Å²) in [6.45, 7) is 2.89. The van der Waals surface area contributed by atoms with Crippen LogP contribution in [0.25, 0.3) is 0 Å². The molecule has 2 heterocycles. The first-order chi connectivity index (χ1) is 11.1. The van der Waals surface area contributed by atoms with Crippen LogP contribution in [0.4, 0.5) is 0 Å². The lowest BCUT2D eigenvalue weighted by atomic mass is 9.95. The van der Waals surface area contributed by atoms with Crippen LogP contribution in [0.15, 0.2) is 12.7 Å². The van der Waals surface area contributed by atoms with Gasteiger partial charge in [0.25, 0.3) is 0 Å². The smallest absolute Gasteiger partial charge is 0.245 e. The zero-order valence-corrected chi connectivity index (χ0v) is 13.6. The molecule has 2 atom stereocenters. The molecule has 1 aliphatic carbocycles. The first kappa shape index (κ1) is 16.0. The monoisotopic (exact) mass is 319 g/mol. The molecular formula is C16H25N5O2. The Morgan fingerprint density at radius 3 is 2.65 bits per heavy atom. The highest BCUT2D eigenvalue weighted by Gasteiger charge is 2.36. The van der Waals surface area contributed by atoms with Crippen molar-refractivity contribution in [2.24, 2.45) is 5.92 Å². The molecule has 0 aromatic carbocycles. The SMILES string of the molecule is CC(=O)N[C@H](C(=O)N1CCC[C@H](n2cncn2)C1)C1CCCC1. The van der Waals surface area contributed by atoms with Crippen molar-refractivity contribution in [1.82, 2.24) is 25.0 Å². The van der Waals surface area contributed by atoms with Crippen molar-refractivity contribution in [3.8, 4) is 0 Å². The molecule has 1 saturated carbocycles. The van der Waals surface area contributed by atoms with Gasteiger partial charge in [-0.1, -0.05) is 12.8 Å². The highest BCUT2D eigenvalue weighted by Crippen LogP contribution is 2.30. The summed E-state index contributed by atoms with van der Waals surface area (Å²) in [5.41, 5.74) is 0. The number of hydrogen-bond acceptors (Lipinski definition) is 4. The minimum atomic E-state index is -0.371. The van der Waals surface area contributed by atoms with E-state index >= 15 is 0 Å². The summed E-state index contributed by atoms with van der Waals surface area (Å²) in [6.07, 6.45) is 9.54. The Hall–Kier alpha value is -1.92. The number of rotatable bonds is 4. The molecular weight excluding hydrogens is 294 g/mol. The zero-order valence-electron chi connectivity index (χ0n) is 13.6. The van der Waals surface area contributed by atoms with Crippen LogP contribution >= 0.6 is 0 Å². The average molecular weight is 319 g/mol. The van der Waals surface area contributed by atoms with Crippen molar-refractivity contribution in [3.05, 3.63) is 12.7 Å². The Balaban J connectivity index is 1.69. The number of carbonyl (C=O) groups is 2. The minimum Gasteiger partial charge on any atom is -0.344 e. The molecule has 3 rings (SSSR count). The van der Waals surface area contributed by atoms with Crippen LogP contribution in [0.2, 0.25) is 0 Å². The summed E-state index contributed by atoms with van der Waals surface area (Å²) in [5, 5.41) is 7.11. The predicted molar refractivity (Wildman–Crippen MR) is 84.4 cm³/mol. The van der Waals surface area contributed by atoms with Gasteiger partial charge in [0.15, 0.2) is 0 Å². The number of carbonyl (C=O) groups excluding carboxylic acids is 2. The van der Waals surface area contributed by atoms with Crippen molar-refractivity contribution < 1.29 is 9.59 Å². The molecule has 0 bridgehead atoms. The van der Waals surface area contributed by atoms with Crippen molar-refractivity contribution in [3.63, 3.8) is 0 Å². The maximum atomic E-state index is 13.0. The molecule has 1 aliphatic heterocycles. The second kappa shape index (κ2) is 7.10. The number of nitrogens with one attached hydrogen (secondary N) is 1. The molecule has 2 fully saturated rings. The molecule has 126 valence electrons. The van der Waals surface area contributed by atoms with E-state index < -0.39 is 0 Å². The normalized spacial score (nSPS) is 23.7. The van der Waals surface area contributed by atoms with Gasteiger partial charge in [0.1, 0.15) is 18.7 Å². The highest BCUT2D eigenvalue weighted by molar-refractivity contribution is 5.87. The molecule has 1 aromatic heterocycles. The molecule has 7 nitrogen and oxygen atoms in total. The first-order valence-electron chi connectivity index (χ1n) is 8.55. The number of likely N-dealkylation sites (tertiary alicyclic amines) is 1. The van der Waals surface area contributed by atoms with Gasteiger partial charge in [-0.15, -0.1) is 0 Å². The van der Waals surface area contributed by atoms with Crippen molar-refractivity contribution >= 4 is 11.8 Å². The molecule has 0 spiro atoms. The number of piperidine rings is 1. The fourth-order valence-corrected chi connectivity index (χ4v) is 3.86. The largest absolute Gasteiger partial charge is 0.344 e. The number of hydrogen-bond donors (Lipinski definition) is 1. The Labute approximate surface area is 136 Å². The molecule has 2 amide bonds. The van der Waals surface area contributed by atoms with E-state index in [2.05, 4.69) is 15.4 Å². The molecule has 7 heteroatoms. The lowest BCUT2D eigenvalue weighted by Crippen LogP contribution is -2.53. The second-order valence-corrected chi connectivity index (χ2v) is 6.68. The van der Waals surface area contributed by atoms with Crippen molar-refractivity contribution in [2.45, 2.75) is 57.5 Å². The second-order valence-electron chi connectivity index (χ2n) is 6.68. The number of aromatic nitrogens is 3. The summed E-state index contributed by atoms with van der Waals surface area (Å²) in [7, 11) is 0. The van der Waals surface area contributed by atoms with Crippen LogP contribution in [0, 0.1) is 5.92 Å². The Bertz CT molecular complexity index is 539. The van der Waals surface area contributed by atoms with Gasteiger partial charge in [-0.25, -0.2) is 9.67 Å².